The minimum Gasteiger partial charge on any atom is -0.487 e. The molecule has 3 rings (SSSR count). The van der Waals surface area contributed by atoms with Crippen molar-refractivity contribution in [3.05, 3.63) is 46.7 Å². The molecule has 0 unspecified atom stereocenters. The number of benzene rings is 1. The highest BCUT2D eigenvalue weighted by molar-refractivity contribution is 7.07. The van der Waals surface area contributed by atoms with E-state index in [0.29, 0.717) is 24.4 Å². The molecule has 0 spiro atoms. The maximum Gasteiger partial charge on any atom is 0.273 e. The fourth-order valence-electron chi connectivity index (χ4n) is 2.70. The summed E-state index contributed by atoms with van der Waals surface area (Å²) in [6.07, 6.45) is -0.0527. The van der Waals surface area contributed by atoms with E-state index >= 15 is 0 Å². The Morgan fingerprint density at radius 2 is 2.39 bits per heavy atom. The summed E-state index contributed by atoms with van der Waals surface area (Å²) < 4.78 is 19.0. The van der Waals surface area contributed by atoms with Crippen molar-refractivity contribution in [2.75, 3.05) is 13.1 Å². The average molecular weight is 336 g/mol. The van der Waals surface area contributed by atoms with Crippen LogP contribution in [0.4, 0.5) is 4.39 Å². The second kappa shape index (κ2) is 6.25. The van der Waals surface area contributed by atoms with E-state index in [1.807, 2.05) is 0 Å². The van der Waals surface area contributed by atoms with Gasteiger partial charge in [-0.15, -0.1) is 11.3 Å². The molecule has 1 aliphatic rings. The first-order chi connectivity index (χ1) is 11.0. The molecule has 1 aliphatic heterocycles. The number of carbonyl (C=O) groups is 1. The van der Waals surface area contributed by atoms with Gasteiger partial charge in [-0.1, -0.05) is 6.07 Å². The molecule has 2 atom stereocenters. The summed E-state index contributed by atoms with van der Waals surface area (Å²) in [5, 5.41) is 12.3. The van der Waals surface area contributed by atoms with Crippen molar-refractivity contribution in [3.63, 3.8) is 0 Å². The standard InChI is InChI=1S/C16H17FN2O3S/c1-16(21)9-19(15(20)13-8-23-10-18-13)6-5-14(16)22-12-4-2-3-11(17)7-12/h2-4,7-8,10,14,21H,5-6,9H2,1H3/t14-,16-/m0/s1. The van der Waals surface area contributed by atoms with Gasteiger partial charge in [-0.2, -0.15) is 0 Å². The van der Waals surface area contributed by atoms with Crippen molar-refractivity contribution in [2.24, 2.45) is 0 Å². The van der Waals surface area contributed by atoms with E-state index < -0.39 is 17.5 Å². The molecule has 0 aliphatic carbocycles. The number of thiazole rings is 1. The number of amides is 1. The first-order valence-electron chi connectivity index (χ1n) is 7.28. The van der Waals surface area contributed by atoms with Crippen LogP contribution in [-0.2, 0) is 0 Å². The Morgan fingerprint density at radius 3 is 3.04 bits per heavy atom. The molecular weight excluding hydrogens is 319 g/mol. The summed E-state index contributed by atoms with van der Waals surface area (Å²) in [5.74, 6) is -0.219. The van der Waals surface area contributed by atoms with E-state index in [0.717, 1.165) is 0 Å². The number of aromatic nitrogens is 1. The Kier molecular flexibility index (Phi) is 4.32. The van der Waals surface area contributed by atoms with E-state index in [9.17, 15) is 14.3 Å². The lowest BCUT2D eigenvalue weighted by molar-refractivity contribution is -0.0900. The number of ether oxygens (including phenoxy) is 1. The fraction of sp³-hybridized carbons (Fsp3) is 0.375. The van der Waals surface area contributed by atoms with Crippen LogP contribution < -0.4 is 4.74 Å². The minimum absolute atomic E-state index is 0.142. The van der Waals surface area contributed by atoms with Crippen LogP contribution in [0, 0.1) is 5.82 Å². The molecule has 122 valence electrons. The van der Waals surface area contributed by atoms with Crippen molar-refractivity contribution >= 4 is 17.2 Å². The van der Waals surface area contributed by atoms with Crippen molar-refractivity contribution in [1.82, 2.24) is 9.88 Å². The number of aliphatic hydroxyl groups is 1. The van der Waals surface area contributed by atoms with Gasteiger partial charge in [0.15, 0.2) is 0 Å². The van der Waals surface area contributed by atoms with Gasteiger partial charge in [0, 0.05) is 24.4 Å². The number of carbonyl (C=O) groups excluding carboxylic acids is 1. The van der Waals surface area contributed by atoms with E-state index in [1.165, 1.54) is 23.5 Å². The SMILES string of the molecule is C[C@]1(O)CN(C(=O)c2cscn2)CC[C@@H]1Oc1cccc(F)c1. The van der Waals surface area contributed by atoms with E-state index in [2.05, 4.69) is 4.98 Å². The topological polar surface area (TPSA) is 62.7 Å². The van der Waals surface area contributed by atoms with Gasteiger partial charge in [-0.3, -0.25) is 4.79 Å². The first-order valence-corrected chi connectivity index (χ1v) is 8.22. The molecule has 0 radical (unpaired) electrons. The summed E-state index contributed by atoms with van der Waals surface area (Å²) in [6.45, 7) is 2.22. The molecule has 0 saturated carbocycles. The highest BCUT2D eigenvalue weighted by Gasteiger charge is 2.41. The smallest absolute Gasteiger partial charge is 0.273 e. The predicted molar refractivity (Wildman–Crippen MR) is 84.1 cm³/mol. The van der Waals surface area contributed by atoms with Gasteiger partial charge in [0.25, 0.3) is 5.91 Å². The molecule has 1 saturated heterocycles. The summed E-state index contributed by atoms with van der Waals surface area (Å²) in [5.41, 5.74) is 0.761. The number of nitrogens with zero attached hydrogens (tertiary/aromatic N) is 2. The van der Waals surface area contributed by atoms with Crippen molar-refractivity contribution in [2.45, 2.75) is 25.0 Å². The van der Waals surface area contributed by atoms with Crippen LogP contribution in [0.15, 0.2) is 35.2 Å². The van der Waals surface area contributed by atoms with Gasteiger partial charge in [-0.05, 0) is 19.1 Å². The zero-order chi connectivity index (χ0) is 16.4. The van der Waals surface area contributed by atoms with Crippen LogP contribution in [0.5, 0.6) is 5.75 Å². The van der Waals surface area contributed by atoms with Crippen LogP contribution in [0.3, 0.4) is 0 Å². The van der Waals surface area contributed by atoms with Crippen molar-refractivity contribution in [1.29, 1.82) is 0 Å². The number of rotatable bonds is 3. The van der Waals surface area contributed by atoms with Crippen LogP contribution >= 0.6 is 11.3 Å². The van der Waals surface area contributed by atoms with Crippen molar-refractivity contribution in [3.8, 4) is 5.75 Å². The van der Waals surface area contributed by atoms with Crippen LogP contribution in [0.25, 0.3) is 0 Å². The van der Waals surface area contributed by atoms with Crippen LogP contribution in [0.1, 0.15) is 23.8 Å². The molecule has 7 heteroatoms. The number of hydrogen-bond donors (Lipinski definition) is 1. The largest absolute Gasteiger partial charge is 0.487 e. The lowest BCUT2D eigenvalue weighted by Crippen LogP contribution is -2.58. The van der Waals surface area contributed by atoms with E-state index in [4.69, 9.17) is 4.74 Å². The summed E-state index contributed by atoms with van der Waals surface area (Å²) in [4.78, 5) is 17.9. The molecular formula is C16H17FN2O3S. The predicted octanol–water partition coefficient (Wildman–Crippen LogP) is 2.33. The quantitative estimate of drug-likeness (QED) is 0.934. The number of piperidine rings is 1. The van der Waals surface area contributed by atoms with Gasteiger partial charge < -0.3 is 14.7 Å². The molecule has 1 aromatic heterocycles. The molecule has 2 heterocycles. The Morgan fingerprint density at radius 1 is 1.57 bits per heavy atom. The second-order valence-corrected chi connectivity index (χ2v) is 6.53. The number of likely N-dealkylation sites (tertiary alicyclic amines) is 1. The van der Waals surface area contributed by atoms with Gasteiger partial charge in [0.2, 0.25) is 0 Å². The highest BCUT2D eigenvalue weighted by Crippen LogP contribution is 2.27. The molecule has 1 fully saturated rings. The first kappa shape index (κ1) is 15.9. The van der Waals surface area contributed by atoms with Crippen molar-refractivity contribution < 1.29 is 19.0 Å². The Balaban J connectivity index is 1.69. The Hall–Kier alpha value is -1.99. The van der Waals surface area contributed by atoms with E-state index in [-0.39, 0.29) is 12.5 Å². The van der Waals surface area contributed by atoms with Gasteiger partial charge in [0.05, 0.1) is 12.1 Å². The molecule has 1 N–H and O–H groups in total. The summed E-state index contributed by atoms with van der Waals surface area (Å²) in [6, 6.07) is 5.81. The minimum atomic E-state index is -1.23. The molecule has 1 amide bonds. The fourth-order valence-corrected chi connectivity index (χ4v) is 3.22. The Labute approximate surface area is 137 Å². The van der Waals surface area contributed by atoms with E-state index in [1.54, 1.807) is 34.8 Å². The summed E-state index contributed by atoms with van der Waals surface area (Å²) in [7, 11) is 0. The lowest BCUT2D eigenvalue weighted by atomic mass is 9.91. The number of β-amino-alcohol motifs (C(OH)–C–C–N with tert-alkyl or cyclic N) is 1. The third-order valence-electron chi connectivity index (χ3n) is 3.88. The molecule has 5 nitrogen and oxygen atoms in total. The molecule has 1 aromatic carbocycles. The normalized spacial score (nSPS) is 24.5. The maximum absolute atomic E-state index is 13.2. The average Bonchev–Trinajstić information content (AvgIpc) is 3.02. The van der Waals surface area contributed by atoms with Crippen LogP contribution in [-0.4, -0.2) is 45.7 Å². The monoisotopic (exact) mass is 336 g/mol. The lowest BCUT2D eigenvalue weighted by Gasteiger charge is -2.42. The third kappa shape index (κ3) is 3.51. The molecule has 23 heavy (non-hydrogen) atoms. The third-order valence-corrected chi connectivity index (χ3v) is 4.47. The second-order valence-electron chi connectivity index (χ2n) is 5.81. The molecule has 0 bridgehead atoms. The highest BCUT2D eigenvalue weighted by atomic mass is 32.1. The Bertz CT molecular complexity index is 690. The zero-order valence-corrected chi connectivity index (χ0v) is 13.4. The van der Waals surface area contributed by atoms with Crippen LogP contribution in [0.2, 0.25) is 0 Å². The number of halogens is 1. The van der Waals surface area contributed by atoms with Gasteiger partial charge in [-0.25, -0.2) is 9.37 Å². The van der Waals surface area contributed by atoms with Gasteiger partial charge >= 0.3 is 0 Å². The number of hydrogen-bond acceptors (Lipinski definition) is 5. The summed E-state index contributed by atoms with van der Waals surface area (Å²) >= 11 is 1.35. The molecule has 2 aromatic rings. The zero-order valence-electron chi connectivity index (χ0n) is 12.6. The maximum atomic E-state index is 13.2. The van der Waals surface area contributed by atoms with Gasteiger partial charge in [0.1, 0.15) is 29.0 Å².